The van der Waals surface area contributed by atoms with E-state index in [4.69, 9.17) is 10.5 Å². The van der Waals surface area contributed by atoms with Crippen LogP contribution in [0.1, 0.15) is 31.1 Å². The van der Waals surface area contributed by atoms with Crippen molar-refractivity contribution in [2.24, 2.45) is 0 Å². The molecule has 1 rings (SSSR count). The highest BCUT2D eigenvalue weighted by molar-refractivity contribution is 9.10. The van der Waals surface area contributed by atoms with Crippen LogP contribution in [0.4, 0.5) is 0 Å². The lowest BCUT2D eigenvalue weighted by Gasteiger charge is -2.10. The molecule has 1 heterocycles. The fraction of sp³-hybridized carbons (Fsp3) is 0.333. The van der Waals surface area contributed by atoms with Crippen LogP contribution in [0, 0.1) is 22.7 Å². The summed E-state index contributed by atoms with van der Waals surface area (Å²) in [4.78, 5) is 0. The Bertz CT molecular complexity index is 404. The molecule has 0 unspecified atom stereocenters. The predicted octanol–water partition coefficient (Wildman–Crippen LogP) is 2.57. The topological polar surface area (TPSA) is 52.5 Å². The van der Waals surface area contributed by atoms with Crippen molar-refractivity contribution in [2.75, 3.05) is 0 Å². The van der Waals surface area contributed by atoms with Crippen molar-refractivity contribution in [3.05, 3.63) is 21.9 Å². The van der Waals surface area contributed by atoms with E-state index in [-0.39, 0.29) is 6.04 Å². The molecule has 0 N–H and O–H groups in total. The summed E-state index contributed by atoms with van der Waals surface area (Å²) in [5, 5.41) is 17.5. The van der Waals surface area contributed by atoms with Crippen LogP contribution in [0.15, 0.2) is 10.7 Å². The van der Waals surface area contributed by atoms with E-state index >= 15 is 0 Å². The second-order valence-electron chi connectivity index (χ2n) is 2.92. The molecule has 0 amide bonds. The normalized spacial score (nSPS) is 9.69. The minimum absolute atomic E-state index is 0.172. The molecule has 0 saturated heterocycles. The monoisotopic (exact) mass is 237 g/mol. The van der Waals surface area contributed by atoms with E-state index in [0.29, 0.717) is 15.9 Å². The molecule has 4 heteroatoms. The van der Waals surface area contributed by atoms with Gasteiger partial charge in [-0.05, 0) is 35.8 Å². The smallest absolute Gasteiger partial charge is 0.122 e. The quantitative estimate of drug-likeness (QED) is 0.754. The minimum atomic E-state index is 0.172. The van der Waals surface area contributed by atoms with E-state index in [0.717, 1.165) is 0 Å². The number of aromatic nitrogens is 1. The number of halogens is 1. The number of hydrogen-bond donors (Lipinski definition) is 0. The van der Waals surface area contributed by atoms with Crippen LogP contribution < -0.4 is 0 Å². The summed E-state index contributed by atoms with van der Waals surface area (Å²) in [5.41, 5.74) is 1.02. The second kappa shape index (κ2) is 3.64. The average Bonchev–Trinajstić information content (AvgIpc) is 2.41. The SMILES string of the molecule is CC(C)n1c(C#N)cc(C#N)c1Br. The molecule has 0 aliphatic rings. The fourth-order valence-corrected chi connectivity index (χ4v) is 1.97. The minimum Gasteiger partial charge on any atom is -0.323 e. The highest BCUT2D eigenvalue weighted by Crippen LogP contribution is 2.25. The van der Waals surface area contributed by atoms with Crippen LogP contribution in [0.5, 0.6) is 0 Å². The van der Waals surface area contributed by atoms with Gasteiger partial charge in [0.2, 0.25) is 0 Å². The fourth-order valence-electron chi connectivity index (χ4n) is 1.17. The van der Waals surface area contributed by atoms with Gasteiger partial charge in [-0.2, -0.15) is 10.5 Å². The molecule has 3 nitrogen and oxygen atoms in total. The molecule has 0 fully saturated rings. The zero-order chi connectivity index (χ0) is 10.0. The summed E-state index contributed by atoms with van der Waals surface area (Å²) in [6.45, 7) is 3.93. The van der Waals surface area contributed by atoms with Crippen LogP contribution >= 0.6 is 15.9 Å². The Kier molecular flexibility index (Phi) is 2.75. The predicted molar refractivity (Wildman–Crippen MR) is 51.9 cm³/mol. The number of hydrogen-bond acceptors (Lipinski definition) is 2. The van der Waals surface area contributed by atoms with Gasteiger partial charge in [-0.25, -0.2) is 0 Å². The first kappa shape index (κ1) is 9.83. The van der Waals surface area contributed by atoms with E-state index in [1.807, 2.05) is 19.9 Å². The zero-order valence-electron chi connectivity index (χ0n) is 7.37. The first-order valence-corrected chi connectivity index (χ1v) is 4.62. The van der Waals surface area contributed by atoms with Crippen LogP contribution in [0.2, 0.25) is 0 Å². The lowest BCUT2D eigenvalue weighted by molar-refractivity contribution is 0.586. The third-order valence-corrected chi connectivity index (χ3v) is 2.53. The number of nitriles is 2. The third-order valence-electron chi connectivity index (χ3n) is 1.73. The van der Waals surface area contributed by atoms with E-state index in [9.17, 15) is 0 Å². The summed E-state index contributed by atoms with van der Waals surface area (Å²) in [7, 11) is 0. The molecule has 66 valence electrons. The maximum Gasteiger partial charge on any atom is 0.122 e. The second-order valence-corrected chi connectivity index (χ2v) is 3.67. The van der Waals surface area contributed by atoms with E-state index < -0.39 is 0 Å². The van der Waals surface area contributed by atoms with E-state index in [2.05, 4.69) is 22.0 Å². The Balaban J connectivity index is 3.42. The van der Waals surface area contributed by atoms with Gasteiger partial charge in [-0.15, -0.1) is 0 Å². The summed E-state index contributed by atoms with van der Waals surface area (Å²) in [6, 6.07) is 5.84. The lowest BCUT2D eigenvalue weighted by atomic mass is 10.3. The molecule has 1 aromatic rings. The van der Waals surface area contributed by atoms with E-state index in [1.165, 1.54) is 0 Å². The molecule has 13 heavy (non-hydrogen) atoms. The zero-order valence-corrected chi connectivity index (χ0v) is 8.96. The molecule has 0 bridgehead atoms. The van der Waals surface area contributed by atoms with Gasteiger partial charge in [0.25, 0.3) is 0 Å². The Morgan fingerprint density at radius 3 is 2.31 bits per heavy atom. The van der Waals surface area contributed by atoms with Gasteiger partial charge in [0.1, 0.15) is 22.4 Å². The van der Waals surface area contributed by atoms with Crippen LogP contribution in [0.3, 0.4) is 0 Å². The van der Waals surface area contributed by atoms with Crippen molar-refractivity contribution < 1.29 is 0 Å². The van der Waals surface area contributed by atoms with Gasteiger partial charge >= 0.3 is 0 Å². The molecule has 0 saturated carbocycles. The van der Waals surface area contributed by atoms with Gasteiger partial charge in [0.15, 0.2) is 0 Å². The van der Waals surface area contributed by atoms with Crippen molar-refractivity contribution in [1.82, 2.24) is 4.57 Å². The molecular weight excluding hydrogens is 230 g/mol. The van der Waals surface area contributed by atoms with Gasteiger partial charge in [0, 0.05) is 6.04 Å². The van der Waals surface area contributed by atoms with Crippen LogP contribution in [-0.4, -0.2) is 4.57 Å². The van der Waals surface area contributed by atoms with Crippen LogP contribution in [-0.2, 0) is 0 Å². The first-order chi connectivity index (χ1) is 6.11. The number of rotatable bonds is 1. The first-order valence-electron chi connectivity index (χ1n) is 3.82. The molecule has 0 aliphatic heterocycles. The van der Waals surface area contributed by atoms with Crippen molar-refractivity contribution in [3.8, 4) is 12.1 Å². The maximum atomic E-state index is 8.80. The van der Waals surface area contributed by atoms with E-state index in [1.54, 1.807) is 10.6 Å². The third kappa shape index (κ3) is 1.59. The van der Waals surface area contributed by atoms with Gasteiger partial charge < -0.3 is 4.57 Å². The molecular formula is C9H8BrN3. The van der Waals surface area contributed by atoms with Gasteiger partial charge in [-0.1, -0.05) is 0 Å². The average molecular weight is 238 g/mol. The Morgan fingerprint density at radius 1 is 1.38 bits per heavy atom. The lowest BCUT2D eigenvalue weighted by Crippen LogP contribution is -2.03. The summed E-state index contributed by atoms with van der Waals surface area (Å²) < 4.78 is 2.47. The maximum absolute atomic E-state index is 8.80. The number of nitrogens with zero attached hydrogens (tertiary/aromatic N) is 3. The molecule has 1 aromatic heterocycles. The van der Waals surface area contributed by atoms with Crippen LogP contribution in [0.25, 0.3) is 0 Å². The molecule has 0 radical (unpaired) electrons. The van der Waals surface area contributed by atoms with Crippen molar-refractivity contribution in [3.63, 3.8) is 0 Å². The molecule has 0 aliphatic carbocycles. The van der Waals surface area contributed by atoms with Gasteiger partial charge in [0.05, 0.1) is 5.56 Å². The highest BCUT2D eigenvalue weighted by atomic mass is 79.9. The largest absolute Gasteiger partial charge is 0.323 e. The molecule has 0 atom stereocenters. The Morgan fingerprint density at radius 2 is 2.00 bits per heavy atom. The summed E-state index contributed by atoms with van der Waals surface area (Å²) >= 11 is 3.29. The molecule has 0 spiro atoms. The molecule has 0 aromatic carbocycles. The highest BCUT2D eigenvalue weighted by Gasteiger charge is 2.14. The standard InChI is InChI=1S/C9H8BrN3/c1-6(2)13-8(5-12)3-7(4-11)9(13)10/h3,6H,1-2H3. The Labute approximate surface area is 85.3 Å². The Hall–Kier alpha value is -1.26. The van der Waals surface area contributed by atoms with Gasteiger partial charge in [-0.3, -0.25) is 0 Å². The summed E-state index contributed by atoms with van der Waals surface area (Å²) in [5.74, 6) is 0. The van der Waals surface area contributed by atoms with Crippen molar-refractivity contribution >= 4 is 15.9 Å². The summed E-state index contributed by atoms with van der Waals surface area (Å²) in [6.07, 6.45) is 0. The van der Waals surface area contributed by atoms with Crippen molar-refractivity contribution in [2.45, 2.75) is 19.9 Å². The van der Waals surface area contributed by atoms with Crippen molar-refractivity contribution in [1.29, 1.82) is 10.5 Å².